The Morgan fingerprint density at radius 3 is 2.31 bits per heavy atom. The predicted molar refractivity (Wildman–Crippen MR) is 93.8 cm³/mol. The summed E-state index contributed by atoms with van der Waals surface area (Å²) in [5.41, 5.74) is 2.88. The van der Waals surface area contributed by atoms with Crippen LogP contribution in [-0.4, -0.2) is 28.6 Å². The molecular weight excluding hydrogens is 357 g/mol. The number of hydrogen-bond donors (Lipinski definition) is 1. The Morgan fingerprint density at radius 2 is 1.69 bits per heavy atom. The Labute approximate surface area is 150 Å². The molecule has 0 aliphatic rings. The number of aryl methyl sites for hydroxylation is 3. The van der Waals surface area contributed by atoms with Crippen molar-refractivity contribution in [2.75, 3.05) is 0 Å². The van der Waals surface area contributed by atoms with Gasteiger partial charge in [0.1, 0.15) is 5.82 Å². The van der Waals surface area contributed by atoms with Gasteiger partial charge in [0, 0.05) is 0 Å². The number of benzene rings is 2. The average molecular weight is 375 g/mol. The molecule has 9 heteroatoms. The molecule has 2 aromatic carbocycles. The van der Waals surface area contributed by atoms with Crippen molar-refractivity contribution in [1.29, 1.82) is 0 Å². The summed E-state index contributed by atoms with van der Waals surface area (Å²) >= 11 is 0. The van der Waals surface area contributed by atoms with Crippen LogP contribution in [0.5, 0.6) is 0 Å². The third kappa shape index (κ3) is 3.63. The average Bonchev–Trinajstić information content (AvgIpc) is 3.01. The van der Waals surface area contributed by atoms with E-state index in [2.05, 4.69) is 20.2 Å². The molecule has 0 saturated heterocycles. The second-order valence-corrected chi connectivity index (χ2v) is 7.74. The van der Waals surface area contributed by atoms with Gasteiger partial charge >= 0.3 is 0 Å². The molecule has 1 heterocycles. The summed E-state index contributed by atoms with van der Waals surface area (Å²) in [5.74, 6) is -0.0861. The summed E-state index contributed by atoms with van der Waals surface area (Å²) in [5, 5.41) is 11.3. The van der Waals surface area contributed by atoms with Gasteiger partial charge in [-0.1, -0.05) is 17.7 Å². The third-order valence-corrected chi connectivity index (χ3v) is 5.60. The molecule has 0 aliphatic heterocycles. The van der Waals surface area contributed by atoms with Crippen LogP contribution in [0.4, 0.5) is 4.39 Å². The van der Waals surface area contributed by atoms with Crippen molar-refractivity contribution in [3.8, 4) is 5.69 Å². The van der Waals surface area contributed by atoms with Gasteiger partial charge in [0.15, 0.2) is 5.82 Å². The molecular formula is C17H18FN5O2S. The lowest BCUT2D eigenvalue weighted by atomic mass is 10.1. The van der Waals surface area contributed by atoms with Gasteiger partial charge in [-0.15, -0.1) is 5.10 Å². The number of hydrogen-bond acceptors (Lipinski definition) is 5. The molecule has 26 heavy (non-hydrogen) atoms. The highest BCUT2D eigenvalue weighted by molar-refractivity contribution is 7.89. The maximum Gasteiger partial charge on any atom is 0.241 e. The van der Waals surface area contributed by atoms with E-state index in [0.29, 0.717) is 22.6 Å². The summed E-state index contributed by atoms with van der Waals surface area (Å²) in [4.78, 5) is 0.254. The molecule has 3 aromatic rings. The van der Waals surface area contributed by atoms with Gasteiger partial charge in [-0.05, 0) is 66.6 Å². The van der Waals surface area contributed by atoms with E-state index < -0.39 is 10.0 Å². The first kappa shape index (κ1) is 18.2. The minimum absolute atomic E-state index is 0.0978. The van der Waals surface area contributed by atoms with Gasteiger partial charge in [-0.3, -0.25) is 0 Å². The largest absolute Gasteiger partial charge is 0.241 e. The standard InChI is InChI=1S/C17H18FN5O2S/c1-11-8-12(2)17(13(3)9-11)26(24,25)19-10-16-20-21-22-23(16)15-6-4-14(18)5-7-15/h4-9,19H,10H2,1-3H3. The summed E-state index contributed by atoms with van der Waals surface area (Å²) < 4.78 is 42.4. The minimum Gasteiger partial charge on any atom is -0.207 e. The monoisotopic (exact) mass is 375 g/mol. The molecule has 1 N–H and O–H groups in total. The van der Waals surface area contributed by atoms with E-state index in [1.165, 1.54) is 28.9 Å². The molecule has 0 amide bonds. The van der Waals surface area contributed by atoms with Crippen molar-refractivity contribution in [2.24, 2.45) is 0 Å². The SMILES string of the molecule is Cc1cc(C)c(S(=O)(=O)NCc2nnnn2-c2ccc(F)cc2)c(C)c1. The first-order valence-electron chi connectivity index (χ1n) is 7.88. The molecule has 7 nitrogen and oxygen atoms in total. The summed E-state index contributed by atoms with van der Waals surface area (Å²) in [7, 11) is -3.74. The molecule has 0 unspecified atom stereocenters. The van der Waals surface area contributed by atoms with Crippen LogP contribution in [0, 0.1) is 26.6 Å². The Hall–Kier alpha value is -2.65. The number of nitrogens with one attached hydrogen (secondary N) is 1. The van der Waals surface area contributed by atoms with Gasteiger partial charge in [0.25, 0.3) is 0 Å². The number of sulfonamides is 1. The zero-order chi connectivity index (χ0) is 18.9. The van der Waals surface area contributed by atoms with E-state index in [4.69, 9.17) is 0 Å². The zero-order valence-electron chi connectivity index (χ0n) is 14.6. The number of aromatic nitrogens is 4. The quantitative estimate of drug-likeness (QED) is 0.738. The van der Waals surface area contributed by atoms with Gasteiger partial charge < -0.3 is 0 Å². The Balaban J connectivity index is 1.86. The van der Waals surface area contributed by atoms with Gasteiger partial charge in [-0.25, -0.2) is 17.5 Å². The van der Waals surface area contributed by atoms with Crippen molar-refractivity contribution >= 4 is 10.0 Å². The highest BCUT2D eigenvalue weighted by atomic mass is 32.2. The maximum atomic E-state index is 13.1. The van der Waals surface area contributed by atoms with E-state index >= 15 is 0 Å². The zero-order valence-corrected chi connectivity index (χ0v) is 15.4. The lowest BCUT2D eigenvalue weighted by Gasteiger charge is -2.13. The summed E-state index contributed by atoms with van der Waals surface area (Å²) in [6.07, 6.45) is 0. The Bertz CT molecular complexity index is 1020. The van der Waals surface area contributed by atoms with Crippen LogP contribution in [0.15, 0.2) is 41.3 Å². The van der Waals surface area contributed by atoms with Crippen molar-refractivity contribution in [2.45, 2.75) is 32.2 Å². The third-order valence-electron chi connectivity index (χ3n) is 3.90. The normalized spacial score (nSPS) is 11.7. The molecule has 0 saturated carbocycles. The van der Waals surface area contributed by atoms with E-state index in [1.807, 2.05) is 19.1 Å². The van der Waals surface area contributed by atoms with Gasteiger partial charge in [0.05, 0.1) is 17.1 Å². The number of tetrazole rings is 1. The highest BCUT2D eigenvalue weighted by Gasteiger charge is 2.21. The second-order valence-electron chi connectivity index (χ2n) is 6.04. The topological polar surface area (TPSA) is 89.8 Å². The van der Waals surface area contributed by atoms with Crippen LogP contribution in [-0.2, 0) is 16.6 Å². The molecule has 0 fully saturated rings. The second kappa shape index (κ2) is 6.93. The number of rotatable bonds is 5. The van der Waals surface area contributed by atoms with Crippen LogP contribution in [0.3, 0.4) is 0 Å². The Kier molecular flexibility index (Phi) is 4.84. The van der Waals surface area contributed by atoms with Crippen molar-refractivity contribution in [3.63, 3.8) is 0 Å². The molecule has 0 atom stereocenters. The predicted octanol–water partition coefficient (Wildman–Crippen LogP) is 2.21. The maximum absolute atomic E-state index is 13.1. The minimum atomic E-state index is -3.74. The molecule has 136 valence electrons. The lowest BCUT2D eigenvalue weighted by Crippen LogP contribution is -2.26. The van der Waals surface area contributed by atoms with E-state index in [-0.39, 0.29) is 17.3 Å². The van der Waals surface area contributed by atoms with Crippen molar-refractivity contribution < 1.29 is 12.8 Å². The summed E-state index contributed by atoms with van der Waals surface area (Å²) in [6, 6.07) is 9.23. The first-order valence-corrected chi connectivity index (χ1v) is 9.37. The van der Waals surface area contributed by atoms with Crippen molar-refractivity contribution in [1.82, 2.24) is 24.9 Å². The highest BCUT2D eigenvalue weighted by Crippen LogP contribution is 2.21. The van der Waals surface area contributed by atoms with Gasteiger partial charge in [0.2, 0.25) is 10.0 Å². The Morgan fingerprint density at radius 1 is 1.08 bits per heavy atom. The summed E-state index contributed by atoms with van der Waals surface area (Å²) in [6.45, 7) is 5.34. The fourth-order valence-corrected chi connectivity index (χ4v) is 4.35. The van der Waals surface area contributed by atoms with E-state index in [9.17, 15) is 12.8 Å². The van der Waals surface area contributed by atoms with Crippen LogP contribution in [0.2, 0.25) is 0 Å². The van der Waals surface area contributed by atoms with E-state index in [1.54, 1.807) is 13.8 Å². The lowest BCUT2D eigenvalue weighted by molar-refractivity contribution is 0.576. The van der Waals surface area contributed by atoms with Gasteiger partial charge in [-0.2, -0.15) is 4.68 Å². The van der Waals surface area contributed by atoms with Crippen LogP contribution < -0.4 is 4.72 Å². The fraction of sp³-hybridized carbons (Fsp3) is 0.235. The smallest absolute Gasteiger partial charge is 0.207 e. The number of nitrogens with zero attached hydrogens (tertiary/aromatic N) is 4. The van der Waals surface area contributed by atoms with Crippen molar-refractivity contribution in [3.05, 3.63) is 64.7 Å². The number of halogens is 1. The molecule has 0 aliphatic carbocycles. The molecule has 0 radical (unpaired) electrons. The van der Waals surface area contributed by atoms with Crippen LogP contribution in [0.1, 0.15) is 22.5 Å². The molecule has 0 bridgehead atoms. The molecule has 1 aromatic heterocycles. The fourth-order valence-electron chi connectivity index (χ4n) is 2.92. The van der Waals surface area contributed by atoms with Crippen LogP contribution >= 0.6 is 0 Å². The van der Waals surface area contributed by atoms with E-state index in [0.717, 1.165) is 5.56 Å². The molecule has 0 spiro atoms. The van der Waals surface area contributed by atoms with Crippen LogP contribution in [0.25, 0.3) is 5.69 Å². The first-order chi connectivity index (χ1) is 12.3. The molecule has 3 rings (SSSR count).